The van der Waals surface area contributed by atoms with E-state index in [4.69, 9.17) is 0 Å². The third-order valence-corrected chi connectivity index (χ3v) is 5.95. The highest BCUT2D eigenvalue weighted by molar-refractivity contribution is 5.94. The van der Waals surface area contributed by atoms with E-state index in [1.807, 2.05) is 0 Å². The van der Waals surface area contributed by atoms with Crippen LogP contribution in [0.1, 0.15) is 43.5 Å². The summed E-state index contributed by atoms with van der Waals surface area (Å²) in [6.07, 6.45) is -2.36. The van der Waals surface area contributed by atoms with E-state index in [2.05, 4.69) is 10.8 Å². The second kappa shape index (κ2) is 7.80. The minimum atomic E-state index is -4.89. The predicted molar refractivity (Wildman–Crippen MR) is 106 cm³/mol. The number of hydrogen-bond donors (Lipinski definition) is 0. The van der Waals surface area contributed by atoms with Crippen LogP contribution in [-0.4, -0.2) is 34.6 Å². The van der Waals surface area contributed by atoms with Gasteiger partial charge in [0.15, 0.2) is 0 Å². The highest BCUT2D eigenvalue weighted by Gasteiger charge is 2.42. The molecule has 0 saturated heterocycles. The maximum absolute atomic E-state index is 13.6. The number of fused-ring (bicyclic) bond motifs is 1. The van der Waals surface area contributed by atoms with Crippen LogP contribution in [-0.2, 0) is 0 Å². The number of halogens is 6. The van der Waals surface area contributed by atoms with Gasteiger partial charge in [-0.3, -0.25) is 0 Å². The van der Waals surface area contributed by atoms with Crippen LogP contribution in [0.4, 0.5) is 26.3 Å². The van der Waals surface area contributed by atoms with Gasteiger partial charge in [-0.15, -0.1) is 13.2 Å². The van der Waals surface area contributed by atoms with Crippen LogP contribution in [0.5, 0.6) is 5.75 Å². The second-order valence-electron chi connectivity index (χ2n) is 7.87. The van der Waals surface area contributed by atoms with Crippen molar-refractivity contribution in [3.8, 4) is 11.8 Å². The molecule has 1 saturated carbocycles. The molecule has 10 heteroatoms. The van der Waals surface area contributed by atoms with Gasteiger partial charge in [0, 0.05) is 24.0 Å². The zero-order valence-corrected chi connectivity index (χ0v) is 17.0. The van der Waals surface area contributed by atoms with E-state index in [1.165, 1.54) is 18.2 Å². The highest BCUT2D eigenvalue weighted by atomic mass is 19.4. The Morgan fingerprint density at radius 1 is 1.16 bits per heavy atom. The van der Waals surface area contributed by atoms with Gasteiger partial charge in [0.1, 0.15) is 17.9 Å². The van der Waals surface area contributed by atoms with Crippen molar-refractivity contribution in [1.82, 2.24) is 9.47 Å². The fourth-order valence-corrected chi connectivity index (χ4v) is 4.16. The average molecular weight is 455 g/mol. The molecule has 1 fully saturated rings. The van der Waals surface area contributed by atoms with Crippen LogP contribution in [0.2, 0.25) is 0 Å². The molecule has 2 aliphatic rings. The fraction of sp³-hybridized carbons (Fsp3) is 0.409. The minimum absolute atomic E-state index is 0.00793. The molecule has 32 heavy (non-hydrogen) atoms. The van der Waals surface area contributed by atoms with Gasteiger partial charge < -0.3 is 14.2 Å². The van der Waals surface area contributed by atoms with E-state index in [1.54, 1.807) is 16.7 Å². The van der Waals surface area contributed by atoms with E-state index >= 15 is 0 Å². The van der Waals surface area contributed by atoms with E-state index in [0.717, 1.165) is 24.3 Å². The van der Waals surface area contributed by atoms with Gasteiger partial charge in [-0.05, 0) is 44.4 Å². The molecular weight excluding hydrogens is 436 g/mol. The van der Waals surface area contributed by atoms with Gasteiger partial charge in [-0.25, -0.2) is 0 Å². The lowest BCUT2D eigenvalue weighted by molar-refractivity contribution is -0.274. The molecule has 4 rings (SSSR count). The molecule has 2 aromatic rings. The Hall–Kier alpha value is -3.09. The van der Waals surface area contributed by atoms with Gasteiger partial charge in [0.05, 0.1) is 22.5 Å². The maximum Gasteiger partial charge on any atom is 0.573 e. The van der Waals surface area contributed by atoms with Crippen molar-refractivity contribution in [1.29, 1.82) is 5.26 Å². The summed E-state index contributed by atoms with van der Waals surface area (Å²) in [5, 5.41) is 10.3. The summed E-state index contributed by atoms with van der Waals surface area (Å²) in [6.45, 7) is 1.04. The number of alkyl halides is 6. The van der Waals surface area contributed by atoms with Crippen LogP contribution in [0.3, 0.4) is 0 Å². The van der Waals surface area contributed by atoms with E-state index in [9.17, 15) is 31.6 Å². The van der Waals surface area contributed by atoms with E-state index in [0.29, 0.717) is 23.7 Å². The summed E-state index contributed by atoms with van der Waals surface area (Å²) in [4.78, 5) is 1.16. The molecular formula is C22H19F6N3O. The van der Waals surface area contributed by atoms with Crippen LogP contribution in [0.15, 0.2) is 36.4 Å². The Labute approximate surface area is 180 Å². The smallest absolute Gasteiger partial charge is 0.406 e. The topological polar surface area (TPSA) is 41.2 Å². The standard InChI is InChI=1S/C22H19F6N3O/c1-13(21(23,24)25)30-10-3-2-7-18(30)20-17(12-29)16-9-8-15(32-22(26,27)28)11-19(16)31(20)14-5-4-6-14/h2-3,7-9,11,13-14H,4-6,10H2,1H3/t13-/m1/s1. The van der Waals surface area contributed by atoms with Crippen LogP contribution < -0.4 is 4.74 Å². The van der Waals surface area contributed by atoms with Crippen molar-refractivity contribution in [2.75, 3.05) is 6.54 Å². The third-order valence-electron chi connectivity index (χ3n) is 5.95. The first-order chi connectivity index (χ1) is 15.0. The second-order valence-corrected chi connectivity index (χ2v) is 7.87. The lowest BCUT2D eigenvalue weighted by Crippen LogP contribution is -2.43. The predicted octanol–water partition coefficient (Wildman–Crippen LogP) is 6.30. The molecule has 0 unspecified atom stereocenters. The number of benzene rings is 1. The molecule has 0 radical (unpaired) electrons. The summed E-state index contributed by atoms with van der Waals surface area (Å²) in [5.74, 6) is -0.447. The molecule has 1 aliphatic heterocycles. The first-order valence-corrected chi connectivity index (χ1v) is 10.1. The van der Waals surface area contributed by atoms with Gasteiger partial charge >= 0.3 is 12.5 Å². The molecule has 1 atom stereocenters. The maximum atomic E-state index is 13.6. The lowest BCUT2D eigenvalue weighted by atomic mass is 9.92. The number of hydrogen-bond acceptors (Lipinski definition) is 3. The van der Waals surface area contributed by atoms with Crippen LogP contribution in [0.25, 0.3) is 16.6 Å². The quantitative estimate of drug-likeness (QED) is 0.508. The number of allylic oxidation sites excluding steroid dienone is 2. The SMILES string of the molecule is C[C@@H](N1CC=CC=C1c1c(C#N)c2ccc(OC(F)(F)F)cc2n1C1CCC1)C(F)(F)F. The molecule has 1 aromatic carbocycles. The van der Waals surface area contributed by atoms with Crippen molar-refractivity contribution < 1.29 is 31.1 Å². The minimum Gasteiger partial charge on any atom is -0.406 e. The number of rotatable bonds is 4. The number of ether oxygens (including phenoxy) is 1. The van der Waals surface area contributed by atoms with E-state index < -0.39 is 24.3 Å². The monoisotopic (exact) mass is 455 g/mol. The average Bonchev–Trinajstić information content (AvgIpc) is 2.97. The Balaban J connectivity index is 1.94. The Kier molecular flexibility index (Phi) is 5.39. The highest BCUT2D eigenvalue weighted by Crippen LogP contribution is 2.44. The molecule has 2 heterocycles. The van der Waals surface area contributed by atoms with Crippen LogP contribution in [0, 0.1) is 11.3 Å². The summed E-state index contributed by atoms with van der Waals surface area (Å²) in [7, 11) is 0. The molecule has 4 nitrogen and oxygen atoms in total. The molecule has 0 N–H and O–H groups in total. The van der Waals surface area contributed by atoms with Gasteiger partial charge in [-0.2, -0.15) is 18.4 Å². The number of nitrogens with zero attached hydrogens (tertiary/aromatic N) is 3. The van der Waals surface area contributed by atoms with Gasteiger partial charge in [-0.1, -0.05) is 12.2 Å². The summed E-state index contributed by atoms with van der Waals surface area (Å²) in [6, 6.07) is 3.77. The van der Waals surface area contributed by atoms with Gasteiger partial charge in [0.2, 0.25) is 0 Å². The van der Waals surface area contributed by atoms with Crippen molar-refractivity contribution in [2.45, 2.75) is 50.8 Å². The molecule has 1 aliphatic carbocycles. The molecule has 0 amide bonds. The normalized spacial score (nSPS) is 18.3. The van der Waals surface area contributed by atoms with Crippen molar-refractivity contribution in [3.63, 3.8) is 0 Å². The molecule has 170 valence electrons. The lowest BCUT2D eigenvalue weighted by Gasteiger charge is -2.37. The molecule has 1 aromatic heterocycles. The summed E-state index contributed by atoms with van der Waals surface area (Å²) >= 11 is 0. The fourth-order valence-electron chi connectivity index (χ4n) is 4.16. The van der Waals surface area contributed by atoms with Crippen molar-refractivity contribution in [3.05, 3.63) is 47.7 Å². The Morgan fingerprint density at radius 2 is 1.88 bits per heavy atom. The summed E-state index contributed by atoms with van der Waals surface area (Å²) in [5.41, 5.74) is 0.969. The molecule has 0 bridgehead atoms. The Bertz CT molecular complexity index is 1130. The zero-order chi connectivity index (χ0) is 23.3. The summed E-state index contributed by atoms with van der Waals surface area (Å²) < 4.78 is 84.7. The first-order valence-electron chi connectivity index (χ1n) is 10.1. The largest absolute Gasteiger partial charge is 0.573 e. The van der Waals surface area contributed by atoms with E-state index in [-0.39, 0.29) is 29.5 Å². The third kappa shape index (κ3) is 3.92. The van der Waals surface area contributed by atoms with Crippen molar-refractivity contribution in [2.24, 2.45) is 0 Å². The Morgan fingerprint density at radius 3 is 2.44 bits per heavy atom. The number of aromatic nitrogens is 1. The van der Waals surface area contributed by atoms with Crippen LogP contribution >= 0.6 is 0 Å². The number of nitriles is 1. The van der Waals surface area contributed by atoms with Gasteiger partial charge in [0.25, 0.3) is 0 Å². The zero-order valence-electron chi connectivity index (χ0n) is 17.0. The first kappa shape index (κ1) is 22.1. The molecule has 0 spiro atoms. The van der Waals surface area contributed by atoms with Crippen molar-refractivity contribution >= 4 is 16.6 Å².